The molecule has 0 unspecified atom stereocenters. The van der Waals surface area contributed by atoms with Gasteiger partial charge in [0.05, 0.1) is 12.7 Å². The number of unbranched alkanes of at least 4 members (excludes halogenated alkanes) is 1. The summed E-state index contributed by atoms with van der Waals surface area (Å²) in [6, 6.07) is 6.55. The number of aromatic nitrogens is 1. The van der Waals surface area contributed by atoms with E-state index in [0.29, 0.717) is 27.9 Å². The summed E-state index contributed by atoms with van der Waals surface area (Å²) in [7, 11) is 1.33. The third-order valence-corrected chi connectivity index (χ3v) is 5.63. The van der Waals surface area contributed by atoms with Gasteiger partial charge in [-0.1, -0.05) is 37.2 Å². The van der Waals surface area contributed by atoms with Gasteiger partial charge in [-0.3, -0.25) is 10.1 Å². The Bertz CT molecular complexity index is 837. The van der Waals surface area contributed by atoms with Gasteiger partial charge in [0.25, 0.3) is 5.91 Å². The Morgan fingerprint density at radius 2 is 1.96 bits per heavy atom. The average Bonchev–Trinajstić information content (AvgIpc) is 3.09. The zero-order valence-corrected chi connectivity index (χ0v) is 17.2. The molecule has 2 rings (SSSR count). The van der Waals surface area contributed by atoms with E-state index in [0.717, 1.165) is 29.9 Å². The van der Waals surface area contributed by atoms with Gasteiger partial charge in [-0.05, 0) is 35.6 Å². The first-order chi connectivity index (χ1) is 13.5. The molecular formula is C18H22N4O4S2. The highest BCUT2D eigenvalue weighted by Gasteiger charge is 2.21. The van der Waals surface area contributed by atoms with Crippen molar-refractivity contribution in [1.82, 2.24) is 9.69 Å². The molecule has 2 aromatic rings. The van der Waals surface area contributed by atoms with Crippen LogP contribution < -0.4 is 16.4 Å². The van der Waals surface area contributed by atoms with E-state index in [4.69, 9.17) is 5.73 Å². The molecule has 0 spiro atoms. The van der Waals surface area contributed by atoms with E-state index in [1.54, 1.807) is 24.3 Å². The van der Waals surface area contributed by atoms with Crippen molar-refractivity contribution in [1.29, 1.82) is 0 Å². The predicted molar refractivity (Wildman–Crippen MR) is 110 cm³/mol. The van der Waals surface area contributed by atoms with Crippen LogP contribution in [-0.2, 0) is 10.5 Å². The number of urea groups is 1. The fraction of sp³-hybridized carbons (Fsp3) is 0.333. The van der Waals surface area contributed by atoms with Crippen LogP contribution in [0.3, 0.4) is 0 Å². The van der Waals surface area contributed by atoms with E-state index in [1.165, 1.54) is 18.9 Å². The second-order valence-electron chi connectivity index (χ2n) is 5.77. The standard InChI is InChI=1S/C18H22N4O4S2/c1-3-4-9-20-18(25)21-15-13(14(19)23)16(22-28-15)27-10-11-5-7-12(8-6-11)17(24)26-2/h5-8H,3-4,9-10H2,1-2H3,(H2,19,23)(H2,20,21,25). The highest BCUT2D eigenvalue weighted by molar-refractivity contribution is 7.98. The lowest BCUT2D eigenvalue weighted by atomic mass is 10.1. The van der Waals surface area contributed by atoms with Crippen molar-refractivity contribution >= 4 is 46.2 Å². The number of thioether (sulfide) groups is 1. The maximum absolute atomic E-state index is 11.9. The number of nitrogens with one attached hydrogen (secondary N) is 2. The Labute approximate surface area is 171 Å². The molecule has 1 aromatic heterocycles. The van der Waals surface area contributed by atoms with Gasteiger partial charge in [-0.25, -0.2) is 9.59 Å². The summed E-state index contributed by atoms with van der Waals surface area (Å²) in [6.07, 6.45) is 1.84. The Hall–Kier alpha value is -2.59. The number of ether oxygens (including phenoxy) is 1. The minimum absolute atomic E-state index is 0.201. The molecule has 8 nitrogen and oxygen atoms in total. The van der Waals surface area contributed by atoms with Crippen molar-refractivity contribution < 1.29 is 19.1 Å². The molecule has 10 heteroatoms. The summed E-state index contributed by atoms with van der Waals surface area (Å²) in [6.45, 7) is 2.58. The van der Waals surface area contributed by atoms with Gasteiger partial charge in [0.1, 0.15) is 15.6 Å². The highest BCUT2D eigenvalue weighted by Crippen LogP contribution is 2.33. The first-order valence-electron chi connectivity index (χ1n) is 8.60. The minimum Gasteiger partial charge on any atom is -0.465 e. The van der Waals surface area contributed by atoms with Crippen molar-refractivity contribution in [3.05, 3.63) is 41.0 Å². The first kappa shape index (κ1) is 21.7. The monoisotopic (exact) mass is 422 g/mol. The molecular weight excluding hydrogens is 400 g/mol. The fourth-order valence-electron chi connectivity index (χ4n) is 2.21. The number of carbonyl (C=O) groups is 3. The van der Waals surface area contributed by atoms with Crippen LogP contribution in [0, 0.1) is 0 Å². The molecule has 0 saturated heterocycles. The number of benzene rings is 1. The predicted octanol–water partition coefficient (Wildman–Crippen LogP) is 3.24. The molecule has 1 aromatic carbocycles. The van der Waals surface area contributed by atoms with Crippen LogP contribution in [0.4, 0.5) is 9.80 Å². The third kappa shape index (κ3) is 5.96. The Balaban J connectivity index is 2.03. The summed E-state index contributed by atoms with van der Waals surface area (Å²) in [5.41, 5.74) is 7.09. The number of rotatable bonds is 9. The number of esters is 1. The molecule has 0 aliphatic carbocycles. The summed E-state index contributed by atoms with van der Waals surface area (Å²) in [4.78, 5) is 35.3. The van der Waals surface area contributed by atoms with Crippen LogP contribution in [0.25, 0.3) is 0 Å². The second kappa shape index (κ2) is 10.7. The maximum atomic E-state index is 11.9. The van der Waals surface area contributed by atoms with Gasteiger partial charge in [0, 0.05) is 12.3 Å². The van der Waals surface area contributed by atoms with Crippen LogP contribution >= 0.6 is 23.3 Å². The molecule has 0 bridgehead atoms. The van der Waals surface area contributed by atoms with Crippen LogP contribution in [0.5, 0.6) is 0 Å². The van der Waals surface area contributed by atoms with Gasteiger partial charge in [-0.15, -0.1) is 0 Å². The number of amides is 3. The zero-order valence-electron chi connectivity index (χ0n) is 15.6. The lowest BCUT2D eigenvalue weighted by Crippen LogP contribution is -2.30. The third-order valence-electron chi connectivity index (χ3n) is 3.70. The smallest absolute Gasteiger partial charge is 0.337 e. The minimum atomic E-state index is -0.652. The average molecular weight is 423 g/mol. The molecule has 3 amide bonds. The first-order valence-corrected chi connectivity index (χ1v) is 10.4. The number of hydrogen-bond donors (Lipinski definition) is 3. The van der Waals surface area contributed by atoms with Crippen molar-refractivity contribution in [2.45, 2.75) is 30.5 Å². The number of carbonyl (C=O) groups excluding carboxylic acids is 3. The molecule has 0 aliphatic heterocycles. The van der Waals surface area contributed by atoms with E-state index in [2.05, 4.69) is 19.7 Å². The summed E-state index contributed by atoms with van der Waals surface area (Å²) in [5.74, 6) is -0.531. The summed E-state index contributed by atoms with van der Waals surface area (Å²) >= 11 is 2.34. The maximum Gasteiger partial charge on any atom is 0.337 e. The number of methoxy groups -OCH3 is 1. The summed E-state index contributed by atoms with van der Waals surface area (Å²) < 4.78 is 8.92. The number of primary amides is 1. The lowest BCUT2D eigenvalue weighted by Gasteiger charge is -2.07. The molecule has 0 radical (unpaired) electrons. The number of anilines is 1. The van der Waals surface area contributed by atoms with Crippen LogP contribution in [0.2, 0.25) is 0 Å². The van der Waals surface area contributed by atoms with Gasteiger partial charge in [0.15, 0.2) is 0 Å². The van der Waals surface area contributed by atoms with Gasteiger partial charge >= 0.3 is 12.0 Å². The fourth-order valence-corrected chi connectivity index (χ4v) is 4.13. The quantitative estimate of drug-likeness (QED) is 0.324. The molecule has 0 fully saturated rings. The van der Waals surface area contributed by atoms with Crippen molar-refractivity contribution in [3.63, 3.8) is 0 Å². The zero-order chi connectivity index (χ0) is 20.5. The Morgan fingerprint density at radius 3 is 2.57 bits per heavy atom. The van der Waals surface area contributed by atoms with Gasteiger partial charge in [-0.2, -0.15) is 4.37 Å². The van der Waals surface area contributed by atoms with E-state index in [1.807, 2.05) is 6.92 Å². The van der Waals surface area contributed by atoms with E-state index in [9.17, 15) is 14.4 Å². The SMILES string of the molecule is CCCCNC(=O)Nc1snc(SCc2ccc(C(=O)OC)cc2)c1C(N)=O. The highest BCUT2D eigenvalue weighted by atomic mass is 32.2. The molecule has 0 aliphatic rings. The topological polar surface area (TPSA) is 123 Å². The van der Waals surface area contributed by atoms with Crippen LogP contribution in [0.15, 0.2) is 29.3 Å². The van der Waals surface area contributed by atoms with Crippen LogP contribution in [-0.4, -0.2) is 35.9 Å². The molecule has 28 heavy (non-hydrogen) atoms. The van der Waals surface area contributed by atoms with Crippen LogP contribution in [0.1, 0.15) is 46.0 Å². The van der Waals surface area contributed by atoms with E-state index >= 15 is 0 Å². The second-order valence-corrected chi connectivity index (χ2v) is 7.51. The number of nitrogens with zero attached hydrogens (tertiary/aromatic N) is 1. The van der Waals surface area contributed by atoms with Gasteiger partial charge in [0.2, 0.25) is 0 Å². The largest absolute Gasteiger partial charge is 0.465 e. The Morgan fingerprint density at radius 1 is 1.25 bits per heavy atom. The van der Waals surface area contributed by atoms with Crippen molar-refractivity contribution in [3.8, 4) is 0 Å². The van der Waals surface area contributed by atoms with E-state index < -0.39 is 17.9 Å². The van der Waals surface area contributed by atoms with Crippen molar-refractivity contribution in [2.24, 2.45) is 5.73 Å². The van der Waals surface area contributed by atoms with E-state index in [-0.39, 0.29) is 5.56 Å². The Kier molecular flexibility index (Phi) is 8.27. The molecule has 150 valence electrons. The normalized spacial score (nSPS) is 10.4. The molecule has 0 saturated carbocycles. The molecule has 4 N–H and O–H groups in total. The van der Waals surface area contributed by atoms with Gasteiger partial charge < -0.3 is 15.8 Å². The summed E-state index contributed by atoms with van der Waals surface area (Å²) in [5, 5.41) is 6.13. The number of hydrogen-bond acceptors (Lipinski definition) is 7. The lowest BCUT2D eigenvalue weighted by molar-refractivity contribution is 0.0600. The molecule has 0 atom stereocenters. The van der Waals surface area contributed by atoms with Crippen molar-refractivity contribution in [2.75, 3.05) is 19.0 Å². The number of nitrogens with two attached hydrogens (primary N) is 1. The molecule has 1 heterocycles.